The highest BCUT2D eigenvalue weighted by atomic mass is 32.1. The summed E-state index contributed by atoms with van der Waals surface area (Å²) in [6.45, 7) is 2.12. The summed E-state index contributed by atoms with van der Waals surface area (Å²) in [6, 6.07) is 9.46. The number of urea groups is 1. The Morgan fingerprint density at radius 1 is 1.12 bits per heavy atom. The average molecular weight is 461 g/mol. The Hall–Kier alpha value is -2.71. The number of nitrogens with one attached hydrogen (secondary N) is 1. The zero-order chi connectivity index (χ0) is 22.4. The number of anilines is 1. The van der Waals surface area contributed by atoms with Gasteiger partial charge in [-0.15, -0.1) is 11.3 Å². The molecule has 1 fully saturated rings. The normalized spacial score (nSPS) is 16.6. The maximum absolute atomic E-state index is 12.4. The van der Waals surface area contributed by atoms with Gasteiger partial charge in [0.05, 0.1) is 6.10 Å². The summed E-state index contributed by atoms with van der Waals surface area (Å²) in [5.41, 5.74) is 1.41. The van der Waals surface area contributed by atoms with E-state index in [1.54, 1.807) is 36.4 Å². The number of nitrogens with zero attached hydrogens (tertiary/aromatic N) is 1. The lowest BCUT2D eigenvalue weighted by Gasteiger charge is -2.22. The number of aliphatic hydroxyl groups is 1. The van der Waals surface area contributed by atoms with Gasteiger partial charge in [0.15, 0.2) is 0 Å². The van der Waals surface area contributed by atoms with Crippen molar-refractivity contribution in [3.05, 3.63) is 51.7 Å². The highest BCUT2D eigenvalue weighted by Crippen LogP contribution is 2.28. The highest BCUT2D eigenvalue weighted by molar-refractivity contribution is 7.13. The van der Waals surface area contributed by atoms with Gasteiger partial charge in [0.25, 0.3) is 5.91 Å². The smallest absolute Gasteiger partial charge is 0.345 e. The molecule has 1 aliphatic rings. The van der Waals surface area contributed by atoms with Gasteiger partial charge in [-0.05, 0) is 55.5 Å². The number of hydrogen-bond donors (Lipinski definition) is 3. The predicted molar refractivity (Wildman–Crippen MR) is 126 cm³/mol. The number of carboxylic acids is 1. The first kappa shape index (κ1) is 25.5. The zero-order valence-electron chi connectivity index (χ0n) is 17.5. The number of aromatic carboxylic acids is 1. The van der Waals surface area contributed by atoms with Crippen LogP contribution in [0.5, 0.6) is 0 Å². The zero-order valence-corrected chi connectivity index (χ0v) is 18.4. The van der Waals surface area contributed by atoms with Gasteiger partial charge in [-0.2, -0.15) is 0 Å². The van der Waals surface area contributed by atoms with Crippen LogP contribution in [0.25, 0.3) is 0 Å². The second-order valence-electron chi connectivity index (χ2n) is 7.75. The minimum absolute atomic E-state index is 0. The van der Waals surface area contributed by atoms with E-state index in [2.05, 4.69) is 12.2 Å². The number of benzene rings is 1. The van der Waals surface area contributed by atoms with Gasteiger partial charge in [0.2, 0.25) is 0 Å². The molecule has 2 atom stereocenters. The number of hydrogen-bond acceptors (Lipinski definition) is 5. The number of thiophene rings is 1. The van der Waals surface area contributed by atoms with E-state index in [0.29, 0.717) is 36.2 Å². The first-order valence-corrected chi connectivity index (χ1v) is 11.5. The van der Waals surface area contributed by atoms with E-state index < -0.39 is 24.1 Å². The van der Waals surface area contributed by atoms with Gasteiger partial charge >= 0.3 is 12.0 Å². The Balaban J connectivity index is 0.00000363. The maximum atomic E-state index is 12.4. The molecule has 0 saturated carbocycles. The number of carbonyl (C=O) groups is 3. The summed E-state index contributed by atoms with van der Waals surface area (Å²) in [6.07, 6.45) is 5.07. The van der Waals surface area contributed by atoms with E-state index in [4.69, 9.17) is 5.11 Å². The van der Waals surface area contributed by atoms with Crippen LogP contribution in [0.3, 0.4) is 0 Å². The molecule has 3 rings (SSSR count). The lowest BCUT2D eigenvalue weighted by atomic mass is 10.0. The van der Waals surface area contributed by atoms with Gasteiger partial charge in [-0.3, -0.25) is 15.0 Å². The van der Waals surface area contributed by atoms with E-state index >= 15 is 0 Å². The van der Waals surface area contributed by atoms with E-state index in [1.165, 1.54) is 16.2 Å². The molecule has 3 N–H and O–H groups in total. The quantitative estimate of drug-likeness (QED) is 0.318. The van der Waals surface area contributed by atoms with E-state index in [0.717, 1.165) is 29.7 Å². The SMILES string of the molecule is C.CCCCC[C@@H](O)c1ccc(N2C(=O)NC(=O)[C@@H]2CCCc2ccc(C(=O)O)s2)cc1. The predicted octanol–water partition coefficient (Wildman–Crippen LogP) is 5.14. The van der Waals surface area contributed by atoms with E-state index in [-0.39, 0.29) is 13.3 Å². The number of imide groups is 1. The van der Waals surface area contributed by atoms with Crippen LogP contribution in [0.15, 0.2) is 36.4 Å². The minimum Gasteiger partial charge on any atom is -0.477 e. The van der Waals surface area contributed by atoms with Gasteiger partial charge in [0, 0.05) is 10.6 Å². The summed E-state index contributed by atoms with van der Waals surface area (Å²) in [5.74, 6) is -1.27. The van der Waals surface area contributed by atoms with Gasteiger partial charge < -0.3 is 10.2 Å². The number of aryl methyl sites for hydroxylation is 1. The molecule has 0 radical (unpaired) electrons. The monoisotopic (exact) mass is 460 g/mol. The Labute approximate surface area is 193 Å². The Bertz CT molecular complexity index is 925. The van der Waals surface area contributed by atoms with Crippen molar-refractivity contribution in [3.63, 3.8) is 0 Å². The number of unbranched alkanes of at least 4 members (excludes halogenated alkanes) is 2. The molecule has 0 aliphatic carbocycles. The second-order valence-corrected chi connectivity index (χ2v) is 8.91. The molecule has 2 aromatic rings. The molecule has 1 aliphatic heterocycles. The Kier molecular flexibility index (Phi) is 9.41. The third kappa shape index (κ3) is 6.17. The van der Waals surface area contributed by atoms with E-state index in [9.17, 15) is 19.5 Å². The molecule has 1 saturated heterocycles. The van der Waals surface area contributed by atoms with Crippen LogP contribution in [0, 0.1) is 0 Å². The first-order valence-electron chi connectivity index (χ1n) is 10.6. The minimum atomic E-state index is -0.942. The van der Waals surface area contributed by atoms with Crippen molar-refractivity contribution in [2.24, 2.45) is 0 Å². The molecule has 2 heterocycles. The molecular formula is C24H32N2O5S. The van der Waals surface area contributed by atoms with Crippen LogP contribution in [-0.4, -0.2) is 34.2 Å². The third-order valence-corrected chi connectivity index (χ3v) is 6.61. The molecule has 0 bridgehead atoms. The number of carboxylic acid groups (broad SMARTS) is 1. The van der Waals surface area contributed by atoms with Crippen LogP contribution in [0.1, 0.15) is 79.1 Å². The molecule has 8 heteroatoms. The summed E-state index contributed by atoms with van der Waals surface area (Å²) in [7, 11) is 0. The van der Waals surface area contributed by atoms with Crippen molar-refractivity contribution in [2.45, 2.75) is 71.4 Å². The Morgan fingerprint density at radius 3 is 2.47 bits per heavy atom. The van der Waals surface area contributed by atoms with Crippen molar-refractivity contribution in [1.29, 1.82) is 0 Å². The van der Waals surface area contributed by atoms with Gasteiger partial charge in [-0.1, -0.05) is 45.7 Å². The summed E-state index contributed by atoms with van der Waals surface area (Å²) in [4.78, 5) is 38.4. The van der Waals surface area contributed by atoms with Crippen LogP contribution in [0.2, 0.25) is 0 Å². The highest BCUT2D eigenvalue weighted by Gasteiger charge is 2.38. The van der Waals surface area contributed by atoms with Gasteiger partial charge in [-0.25, -0.2) is 9.59 Å². The fourth-order valence-corrected chi connectivity index (χ4v) is 4.66. The molecule has 3 amide bonds. The Morgan fingerprint density at radius 2 is 1.84 bits per heavy atom. The molecule has 1 aromatic carbocycles. The van der Waals surface area contributed by atoms with Crippen LogP contribution in [-0.2, 0) is 11.2 Å². The molecular weight excluding hydrogens is 428 g/mol. The average Bonchev–Trinajstić information content (AvgIpc) is 3.33. The van der Waals surface area contributed by atoms with Crippen molar-refractivity contribution < 1.29 is 24.6 Å². The van der Waals surface area contributed by atoms with Crippen LogP contribution < -0.4 is 10.2 Å². The molecule has 32 heavy (non-hydrogen) atoms. The fourth-order valence-electron chi connectivity index (χ4n) is 3.77. The number of amides is 3. The van der Waals surface area contributed by atoms with Crippen molar-refractivity contribution >= 4 is 34.9 Å². The molecule has 0 spiro atoms. The van der Waals surface area contributed by atoms with Crippen molar-refractivity contribution in [1.82, 2.24) is 5.32 Å². The number of carbonyl (C=O) groups excluding carboxylic acids is 2. The van der Waals surface area contributed by atoms with Gasteiger partial charge in [0.1, 0.15) is 10.9 Å². The summed E-state index contributed by atoms with van der Waals surface area (Å²) < 4.78 is 0. The molecule has 7 nitrogen and oxygen atoms in total. The lowest BCUT2D eigenvalue weighted by molar-refractivity contribution is -0.120. The van der Waals surface area contributed by atoms with Crippen molar-refractivity contribution in [3.8, 4) is 0 Å². The molecule has 0 unspecified atom stereocenters. The van der Waals surface area contributed by atoms with Crippen LogP contribution in [0.4, 0.5) is 10.5 Å². The van der Waals surface area contributed by atoms with Crippen molar-refractivity contribution in [2.75, 3.05) is 4.90 Å². The molecule has 1 aromatic heterocycles. The number of rotatable bonds is 11. The third-order valence-electron chi connectivity index (χ3n) is 5.47. The topological polar surface area (TPSA) is 107 Å². The van der Waals surface area contributed by atoms with E-state index in [1.807, 2.05) is 0 Å². The fraction of sp³-hybridized carbons (Fsp3) is 0.458. The van der Waals surface area contributed by atoms with Crippen LogP contribution >= 0.6 is 11.3 Å². The first-order chi connectivity index (χ1) is 14.9. The number of aliphatic hydroxyl groups excluding tert-OH is 1. The summed E-state index contributed by atoms with van der Waals surface area (Å²) >= 11 is 1.23. The largest absolute Gasteiger partial charge is 0.477 e. The maximum Gasteiger partial charge on any atom is 0.345 e. The second kappa shape index (κ2) is 11.8. The lowest BCUT2D eigenvalue weighted by Crippen LogP contribution is -2.35. The molecule has 174 valence electrons. The standard InChI is InChI=1S/C23H28N2O5S.CH4/c1-2-3-4-8-19(26)15-9-11-16(12-10-15)25-18(21(27)24-23(25)30)7-5-6-17-13-14-20(31-17)22(28)29;/h9-14,18-19,26H,2-8H2,1H3,(H,28,29)(H,24,27,30);1H4/t18-,19+;/m0./s1. The summed E-state index contributed by atoms with van der Waals surface area (Å²) in [5, 5.41) is 21.7.